The Morgan fingerprint density at radius 1 is 1.67 bits per heavy atom. The highest BCUT2D eigenvalue weighted by Gasteiger charge is 2.27. The summed E-state index contributed by atoms with van der Waals surface area (Å²) < 4.78 is 4.62. The van der Waals surface area contributed by atoms with E-state index >= 15 is 0 Å². The molecule has 0 aliphatic carbocycles. The van der Waals surface area contributed by atoms with Crippen molar-refractivity contribution in [3.05, 3.63) is 0 Å². The maximum Gasteiger partial charge on any atom is 0.416 e. The third kappa shape index (κ3) is 1.94. The molecule has 0 bridgehead atoms. The van der Waals surface area contributed by atoms with Gasteiger partial charge in [0.25, 0.3) is 0 Å². The smallest absolute Gasteiger partial charge is 0.416 e. The van der Waals surface area contributed by atoms with E-state index in [2.05, 4.69) is 4.74 Å². The highest BCUT2D eigenvalue weighted by atomic mass is 16.6. The van der Waals surface area contributed by atoms with Crippen LogP contribution in [0.1, 0.15) is 0 Å². The van der Waals surface area contributed by atoms with Crippen LogP contribution in [0, 0.1) is 0 Å². The molecule has 0 aromatic heterocycles. The Bertz CT molecular complexity index is 203. The first kappa shape index (κ1) is 8.99. The number of hydrogen-bond donors (Lipinski definition) is 0. The third-order valence-corrected chi connectivity index (χ3v) is 1.51. The lowest BCUT2D eigenvalue weighted by molar-refractivity contribution is -0.128. The zero-order valence-electron chi connectivity index (χ0n) is 7.24. The second-order valence-electron chi connectivity index (χ2n) is 2.90. The Hall–Kier alpha value is -1.10. The van der Waals surface area contributed by atoms with Crippen LogP contribution >= 0.6 is 0 Å². The van der Waals surface area contributed by atoms with Gasteiger partial charge in [0.1, 0.15) is 6.61 Å². The maximum absolute atomic E-state index is 11.2. The van der Waals surface area contributed by atoms with Crippen molar-refractivity contribution >= 4 is 12.0 Å². The number of amides is 2. The van der Waals surface area contributed by atoms with Crippen molar-refractivity contribution in [3.63, 3.8) is 0 Å². The van der Waals surface area contributed by atoms with E-state index in [-0.39, 0.29) is 12.5 Å². The first-order chi connectivity index (χ1) is 5.61. The van der Waals surface area contributed by atoms with Crippen LogP contribution in [-0.4, -0.2) is 55.6 Å². The largest absolute Gasteiger partial charge is 0.447 e. The van der Waals surface area contributed by atoms with Gasteiger partial charge in [-0.25, -0.2) is 9.69 Å². The summed E-state index contributed by atoms with van der Waals surface area (Å²) in [5.74, 6) is -0.206. The van der Waals surface area contributed by atoms with Gasteiger partial charge >= 0.3 is 6.09 Å². The molecule has 0 atom stereocenters. The summed E-state index contributed by atoms with van der Waals surface area (Å²) in [6.45, 7) is 0.943. The molecule has 1 heterocycles. The lowest BCUT2D eigenvalue weighted by atomic mass is 10.5. The Balaban J connectivity index is 2.46. The van der Waals surface area contributed by atoms with Gasteiger partial charge in [-0.2, -0.15) is 0 Å². The molecule has 0 unspecified atom stereocenters. The molecule has 1 fully saturated rings. The average Bonchev–Trinajstić information content (AvgIpc) is 2.33. The van der Waals surface area contributed by atoms with E-state index in [9.17, 15) is 9.59 Å². The van der Waals surface area contributed by atoms with Gasteiger partial charge in [0.15, 0.2) is 0 Å². The van der Waals surface area contributed by atoms with Gasteiger partial charge in [0, 0.05) is 0 Å². The molecule has 1 rings (SSSR count). The molecule has 0 spiro atoms. The van der Waals surface area contributed by atoms with Crippen molar-refractivity contribution in [3.8, 4) is 0 Å². The first-order valence-electron chi connectivity index (χ1n) is 3.73. The highest BCUT2D eigenvalue weighted by Crippen LogP contribution is 2.03. The lowest BCUT2D eigenvalue weighted by Crippen LogP contribution is -2.38. The van der Waals surface area contributed by atoms with Crippen molar-refractivity contribution in [2.75, 3.05) is 33.8 Å². The SMILES string of the molecule is CN(C)CC(=O)N1CCOC1=O. The zero-order valence-corrected chi connectivity index (χ0v) is 7.24. The van der Waals surface area contributed by atoms with E-state index < -0.39 is 6.09 Å². The fourth-order valence-electron chi connectivity index (χ4n) is 0.976. The van der Waals surface area contributed by atoms with Crippen LogP contribution in [0.25, 0.3) is 0 Å². The molecule has 5 heteroatoms. The normalized spacial score (nSPS) is 16.9. The van der Waals surface area contributed by atoms with Crippen LogP contribution < -0.4 is 0 Å². The second-order valence-corrected chi connectivity index (χ2v) is 2.90. The molecule has 2 amide bonds. The monoisotopic (exact) mass is 172 g/mol. The van der Waals surface area contributed by atoms with Gasteiger partial charge in [-0.1, -0.05) is 0 Å². The highest BCUT2D eigenvalue weighted by molar-refractivity contribution is 5.93. The van der Waals surface area contributed by atoms with E-state index in [1.807, 2.05) is 0 Å². The number of carbonyl (C=O) groups is 2. The molecule has 12 heavy (non-hydrogen) atoms. The predicted octanol–water partition coefficient (Wildman–Crippen LogP) is -0.473. The molecule has 1 aliphatic heterocycles. The molecule has 0 saturated carbocycles. The number of rotatable bonds is 2. The predicted molar refractivity (Wildman–Crippen MR) is 41.6 cm³/mol. The van der Waals surface area contributed by atoms with Crippen LogP contribution in [0.5, 0.6) is 0 Å². The van der Waals surface area contributed by atoms with Crippen molar-refractivity contribution in [2.45, 2.75) is 0 Å². The van der Waals surface area contributed by atoms with Gasteiger partial charge in [-0.3, -0.25) is 4.79 Å². The number of ether oxygens (including phenoxy) is 1. The van der Waals surface area contributed by atoms with Gasteiger partial charge < -0.3 is 9.64 Å². The molecule has 1 aliphatic rings. The van der Waals surface area contributed by atoms with E-state index in [0.717, 1.165) is 4.90 Å². The average molecular weight is 172 g/mol. The second kappa shape index (κ2) is 3.53. The van der Waals surface area contributed by atoms with Crippen LogP contribution in [-0.2, 0) is 9.53 Å². The molecular formula is C7H12N2O3. The third-order valence-electron chi connectivity index (χ3n) is 1.51. The molecule has 1 saturated heterocycles. The van der Waals surface area contributed by atoms with Gasteiger partial charge in [-0.05, 0) is 14.1 Å². The van der Waals surface area contributed by atoms with Crippen molar-refractivity contribution < 1.29 is 14.3 Å². The van der Waals surface area contributed by atoms with Gasteiger partial charge in [-0.15, -0.1) is 0 Å². The van der Waals surface area contributed by atoms with Crippen LogP contribution in [0.3, 0.4) is 0 Å². The molecule has 0 aromatic rings. The summed E-state index contributed by atoms with van der Waals surface area (Å²) in [6.07, 6.45) is -0.526. The number of imide groups is 1. The van der Waals surface area contributed by atoms with E-state index in [4.69, 9.17) is 0 Å². The summed E-state index contributed by atoms with van der Waals surface area (Å²) in [6, 6.07) is 0. The minimum atomic E-state index is -0.526. The van der Waals surface area contributed by atoms with E-state index in [1.54, 1.807) is 19.0 Å². The quantitative estimate of drug-likeness (QED) is 0.565. The molecule has 68 valence electrons. The molecule has 5 nitrogen and oxygen atoms in total. The number of likely N-dealkylation sites (N-methyl/N-ethyl adjacent to an activating group) is 1. The summed E-state index contributed by atoms with van der Waals surface area (Å²) in [4.78, 5) is 25.0. The number of cyclic esters (lactones) is 1. The van der Waals surface area contributed by atoms with Crippen LogP contribution in [0.4, 0.5) is 4.79 Å². The fraction of sp³-hybridized carbons (Fsp3) is 0.714. The molecule has 0 aromatic carbocycles. The standard InChI is InChI=1S/C7H12N2O3/c1-8(2)5-6(10)9-3-4-12-7(9)11/h3-5H2,1-2H3. The summed E-state index contributed by atoms with van der Waals surface area (Å²) in [5.41, 5.74) is 0. The topological polar surface area (TPSA) is 49.9 Å². The van der Waals surface area contributed by atoms with Crippen molar-refractivity contribution in [1.29, 1.82) is 0 Å². The minimum Gasteiger partial charge on any atom is -0.447 e. The Morgan fingerprint density at radius 2 is 2.33 bits per heavy atom. The maximum atomic E-state index is 11.2. The Kier molecular flexibility index (Phi) is 2.65. The van der Waals surface area contributed by atoms with Crippen molar-refractivity contribution in [1.82, 2.24) is 9.80 Å². The van der Waals surface area contributed by atoms with Crippen LogP contribution in [0.2, 0.25) is 0 Å². The lowest BCUT2D eigenvalue weighted by Gasteiger charge is -2.13. The van der Waals surface area contributed by atoms with Gasteiger partial charge in [0.2, 0.25) is 5.91 Å². The number of nitrogens with zero attached hydrogens (tertiary/aromatic N) is 2. The fourth-order valence-corrected chi connectivity index (χ4v) is 0.976. The molecule has 0 radical (unpaired) electrons. The minimum absolute atomic E-state index is 0.206. The number of hydrogen-bond acceptors (Lipinski definition) is 4. The first-order valence-corrected chi connectivity index (χ1v) is 3.73. The molecular weight excluding hydrogens is 160 g/mol. The van der Waals surface area contributed by atoms with Crippen LogP contribution in [0.15, 0.2) is 0 Å². The Morgan fingerprint density at radius 3 is 2.75 bits per heavy atom. The van der Waals surface area contributed by atoms with E-state index in [0.29, 0.717) is 13.2 Å². The summed E-state index contributed by atoms with van der Waals surface area (Å²) in [5, 5.41) is 0. The summed E-state index contributed by atoms with van der Waals surface area (Å²) in [7, 11) is 3.55. The van der Waals surface area contributed by atoms with E-state index in [1.165, 1.54) is 0 Å². The van der Waals surface area contributed by atoms with Gasteiger partial charge in [0.05, 0.1) is 13.1 Å². The number of carbonyl (C=O) groups excluding carboxylic acids is 2. The zero-order chi connectivity index (χ0) is 9.14. The Labute approximate surface area is 70.9 Å². The van der Waals surface area contributed by atoms with Crippen molar-refractivity contribution in [2.24, 2.45) is 0 Å². The molecule has 0 N–H and O–H groups in total. The summed E-state index contributed by atoms with van der Waals surface area (Å²) >= 11 is 0.